The van der Waals surface area contributed by atoms with Crippen LogP contribution >= 0.6 is 0 Å². The summed E-state index contributed by atoms with van der Waals surface area (Å²) in [4.78, 5) is 22.6. The molecule has 19 heavy (non-hydrogen) atoms. The number of carbonyl (C=O) groups excluding carboxylic acids is 1. The van der Waals surface area contributed by atoms with Crippen LogP contribution in [0.1, 0.15) is 28.6 Å². The number of para-hydroxylation sites is 1. The van der Waals surface area contributed by atoms with Gasteiger partial charge in [-0.3, -0.25) is 14.9 Å². The van der Waals surface area contributed by atoms with Gasteiger partial charge in [0.1, 0.15) is 5.76 Å². The molecular weight excluding hydrogens is 246 g/mol. The normalized spacial score (nSPS) is 10.4. The van der Waals surface area contributed by atoms with Crippen molar-refractivity contribution in [1.82, 2.24) is 0 Å². The molecule has 0 unspecified atom stereocenters. The van der Waals surface area contributed by atoms with Gasteiger partial charge < -0.3 is 4.42 Å². The molecule has 0 N–H and O–H groups in total. The average Bonchev–Trinajstić information content (AvgIpc) is 2.87. The number of nitrogens with zero attached hydrogens (tertiary/aromatic N) is 1. The van der Waals surface area contributed by atoms with E-state index in [2.05, 4.69) is 0 Å². The Bertz CT molecular complexity index is 615. The molecule has 0 bridgehead atoms. The van der Waals surface area contributed by atoms with Gasteiger partial charge in [0.15, 0.2) is 5.78 Å². The smallest absolute Gasteiger partial charge is 0.273 e. The molecule has 98 valence electrons. The number of benzene rings is 1. The van der Waals surface area contributed by atoms with Crippen LogP contribution in [0.25, 0.3) is 0 Å². The van der Waals surface area contributed by atoms with Gasteiger partial charge in [-0.15, -0.1) is 0 Å². The molecular formula is C14H13NO4. The van der Waals surface area contributed by atoms with Crippen molar-refractivity contribution in [2.75, 3.05) is 0 Å². The second-order valence-corrected chi connectivity index (χ2v) is 4.10. The standard InChI is InChI=1S/C14H13NO4/c1-2-14-11(7-8-19-14)13(16)9-10-5-3-4-6-12(10)15(17)18/h3-8H,2,9H2,1H3. The van der Waals surface area contributed by atoms with Gasteiger partial charge in [-0.1, -0.05) is 25.1 Å². The van der Waals surface area contributed by atoms with E-state index in [1.54, 1.807) is 24.3 Å². The molecule has 0 spiro atoms. The minimum Gasteiger partial charge on any atom is -0.469 e. The minimum absolute atomic E-state index is 0.00366. The summed E-state index contributed by atoms with van der Waals surface area (Å²) in [5.74, 6) is 0.448. The third-order valence-electron chi connectivity index (χ3n) is 2.91. The van der Waals surface area contributed by atoms with Crippen molar-refractivity contribution in [3.8, 4) is 0 Å². The number of Topliss-reactive ketones (excluding diaryl/α,β-unsaturated/α-hetero) is 1. The highest BCUT2D eigenvalue weighted by molar-refractivity contribution is 5.98. The van der Waals surface area contributed by atoms with E-state index in [1.165, 1.54) is 12.3 Å². The van der Waals surface area contributed by atoms with E-state index in [9.17, 15) is 14.9 Å². The Balaban J connectivity index is 2.27. The molecule has 0 saturated carbocycles. The van der Waals surface area contributed by atoms with E-state index in [0.29, 0.717) is 23.3 Å². The average molecular weight is 259 g/mol. The summed E-state index contributed by atoms with van der Waals surface area (Å²) in [5, 5.41) is 10.9. The van der Waals surface area contributed by atoms with E-state index in [1.807, 2.05) is 6.92 Å². The molecule has 0 atom stereocenters. The van der Waals surface area contributed by atoms with Gasteiger partial charge in [0.2, 0.25) is 0 Å². The Hall–Kier alpha value is -2.43. The number of furan rings is 1. The topological polar surface area (TPSA) is 73.3 Å². The Kier molecular flexibility index (Phi) is 3.75. The van der Waals surface area contributed by atoms with Crippen molar-refractivity contribution in [2.24, 2.45) is 0 Å². The monoisotopic (exact) mass is 259 g/mol. The molecule has 2 rings (SSSR count). The van der Waals surface area contributed by atoms with E-state index in [0.717, 1.165) is 0 Å². The SMILES string of the molecule is CCc1occc1C(=O)Cc1ccccc1[N+](=O)[O-]. The van der Waals surface area contributed by atoms with Crippen LogP contribution in [0.15, 0.2) is 41.0 Å². The number of aryl methyl sites for hydroxylation is 1. The zero-order valence-electron chi connectivity index (χ0n) is 10.5. The Morgan fingerprint density at radius 2 is 2.05 bits per heavy atom. The molecule has 0 saturated heterocycles. The van der Waals surface area contributed by atoms with Crippen LogP contribution in [-0.2, 0) is 12.8 Å². The highest BCUT2D eigenvalue weighted by atomic mass is 16.6. The van der Waals surface area contributed by atoms with Crippen molar-refractivity contribution in [3.05, 3.63) is 63.6 Å². The van der Waals surface area contributed by atoms with Gasteiger partial charge >= 0.3 is 0 Å². The van der Waals surface area contributed by atoms with Crippen molar-refractivity contribution in [3.63, 3.8) is 0 Å². The fraction of sp³-hybridized carbons (Fsp3) is 0.214. The van der Waals surface area contributed by atoms with Crippen molar-refractivity contribution in [1.29, 1.82) is 0 Å². The van der Waals surface area contributed by atoms with Gasteiger partial charge in [0.05, 0.1) is 16.7 Å². The third kappa shape index (κ3) is 2.70. The van der Waals surface area contributed by atoms with Crippen LogP contribution in [0.2, 0.25) is 0 Å². The number of hydrogen-bond acceptors (Lipinski definition) is 4. The second kappa shape index (κ2) is 5.48. The summed E-state index contributed by atoms with van der Waals surface area (Å²) in [7, 11) is 0. The molecule has 0 radical (unpaired) electrons. The lowest BCUT2D eigenvalue weighted by Gasteiger charge is -2.02. The number of nitro groups is 1. The fourth-order valence-electron chi connectivity index (χ4n) is 1.97. The number of ketones is 1. The molecule has 5 heteroatoms. The molecule has 0 aliphatic rings. The lowest BCUT2D eigenvalue weighted by Crippen LogP contribution is -2.06. The largest absolute Gasteiger partial charge is 0.469 e. The fourth-order valence-corrected chi connectivity index (χ4v) is 1.97. The third-order valence-corrected chi connectivity index (χ3v) is 2.91. The molecule has 0 aliphatic carbocycles. The van der Waals surface area contributed by atoms with E-state index in [4.69, 9.17) is 4.42 Å². The molecule has 1 aromatic carbocycles. The molecule has 0 fully saturated rings. The predicted molar refractivity (Wildman–Crippen MR) is 69.2 cm³/mol. The van der Waals surface area contributed by atoms with Gasteiger partial charge in [0, 0.05) is 24.5 Å². The maximum Gasteiger partial charge on any atom is 0.273 e. The van der Waals surface area contributed by atoms with Crippen LogP contribution in [0.5, 0.6) is 0 Å². The number of rotatable bonds is 5. The highest BCUT2D eigenvalue weighted by Crippen LogP contribution is 2.21. The van der Waals surface area contributed by atoms with Crippen LogP contribution < -0.4 is 0 Å². The molecule has 1 aromatic heterocycles. The van der Waals surface area contributed by atoms with Crippen molar-refractivity contribution in [2.45, 2.75) is 19.8 Å². The number of carbonyl (C=O) groups is 1. The first-order chi connectivity index (χ1) is 9.13. The Morgan fingerprint density at radius 1 is 1.32 bits per heavy atom. The number of hydrogen-bond donors (Lipinski definition) is 0. The Labute approximate surface area is 110 Å². The second-order valence-electron chi connectivity index (χ2n) is 4.10. The van der Waals surface area contributed by atoms with Crippen molar-refractivity contribution < 1.29 is 14.1 Å². The summed E-state index contributed by atoms with van der Waals surface area (Å²) in [6.45, 7) is 1.89. The van der Waals surface area contributed by atoms with Gasteiger partial charge in [-0.2, -0.15) is 0 Å². The van der Waals surface area contributed by atoms with E-state index in [-0.39, 0.29) is 17.9 Å². The van der Waals surface area contributed by atoms with Crippen LogP contribution in [0, 0.1) is 10.1 Å². The summed E-state index contributed by atoms with van der Waals surface area (Å²) in [5.41, 5.74) is 0.888. The zero-order chi connectivity index (χ0) is 13.8. The maximum atomic E-state index is 12.1. The summed E-state index contributed by atoms with van der Waals surface area (Å²) >= 11 is 0. The summed E-state index contributed by atoms with van der Waals surface area (Å²) < 4.78 is 5.20. The Morgan fingerprint density at radius 3 is 2.74 bits per heavy atom. The van der Waals surface area contributed by atoms with Crippen molar-refractivity contribution >= 4 is 11.5 Å². The molecule has 0 amide bonds. The minimum atomic E-state index is -0.473. The molecule has 0 aliphatic heterocycles. The first kappa shape index (κ1) is 13.0. The molecule has 2 aromatic rings. The van der Waals surface area contributed by atoms with Crippen LogP contribution in [-0.4, -0.2) is 10.7 Å². The van der Waals surface area contributed by atoms with E-state index >= 15 is 0 Å². The van der Waals surface area contributed by atoms with Crippen LogP contribution in [0.4, 0.5) is 5.69 Å². The van der Waals surface area contributed by atoms with Gasteiger partial charge in [-0.25, -0.2) is 0 Å². The first-order valence-electron chi connectivity index (χ1n) is 5.95. The van der Waals surface area contributed by atoms with E-state index < -0.39 is 4.92 Å². The van der Waals surface area contributed by atoms with Gasteiger partial charge in [0.25, 0.3) is 5.69 Å². The maximum absolute atomic E-state index is 12.1. The van der Waals surface area contributed by atoms with Crippen LogP contribution in [0.3, 0.4) is 0 Å². The highest BCUT2D eigenvalue weighted by Gasteiger charge is 2.19. The quantitative estimate of drug-likeness (QED) is 0.469. The predicted octanol–water partition coefficient (Wildman–Crippen LogP) is 3.18. The molecule has 1 heterocycles. The zero-order valence-corrected chi connectivity index (χ0v) is 10.5. The lowest BCUT2D eigenvalue weighted by molar-refractivity contribution is -0.385. The summed E-state index contributed by atoms with van der Waals surface area (Å²) in [6, 6.07) is 7.88. The summed E-state index contributed by atoms with van der Waals surface area (Å²) in [6.07, 6.45) is 2.08. The lowest BCUT2D eigenvalue weighted by atomic mass is 10.0. The van der Waals surface area contributed by atoms with Gasteiger partial charge in [-0.05, 0) is 6.07 Å². The first-order valence-corrected chi connectivity index (χ1v) is 5.95. The molecule has 5 nitrogen and oxygen atoms in total. The number of nitro benzene ring substituents is 1.